The lowest BCUT2D eigenvalue weighted by molar-refractivity contribution is 0.592. The van der Waals surface area contributed by atoms with Crippen LogP contribution in [0.3, 0.4) is 0 Å². The van der Waals surface area contributed by atoms with E-state index < -0.39 is 0 Å². The monoisotopic (exact) mass is 463 g/mol. The van der Waals surface area contributed by atoms with E-state index in [1.807, 2.05) is 0 Å². The van der Waals surface area contributed by atoms with Gasteiger partial charge in [0.1, 0.15) is 0 Å². The zero-order valence-electron chi connectivity index (χ0n) is 20.6. The van der Waals surface area contributed by atoms with E-state index in [0.29, 0.717) is 0 Å². The van der Waals surface area contributed by atoms with Crippen LogP contribution >= 0.6 is 0 Å². The van der Waals surface area contributed by atoms with Crippen molar-refractivity contribution in [2.45, 2.75) is 26.2 Å². The molecule has 8 rings (SSSR count). The lowest BCUT2D eigenvalue weighted by Gasteiger charge is -2.23. The molecule has 0 unspecified atom stereocenters. The molecule has 0 fully saturated rings. The third-order valence-electron chi connectivity index (χ3n) is 7.74. The molecule has 0 N–H and O–H groups in total. The summed E-state index contributed by atoms with van der Waals surface area (Å²) in [6, 6.07) is 35.4. The maximum Gasteiger partial charge on any atom is 0.220 e. The fourth-order valence-electron chi connectivity index (χ4n) is 6.13. The number of rotatable bonds is 1. The zero-order chi connectivity index (χ0) is 24.2. The molecule has 0 saturated carbocycles. The molecule has 0 saturated heterocycles. The Bertz CT molecular complexity index is 2130. The molecule has 3 nitrogen and oxygen atoms in total. The van der Waals surface area contributed by atoms with E-state index in [4.69, 9.17) is 4.98 Å². The van der Waals surface area contributed by atoms with Gasteiger partial charge in [-0.15, -0.1) is 0 Å². The van der Waals surface area contributed by atoms with Gasteiger partial charge in [0, 0.05) is 10.8 Å². The van der Waals surface area contributed by atoms with Crippen LogP contribution in [0, 0.1) is 0 Å². The molecule has 3 aromatic heterocycles. The normalized spacial score (nSPS) is 12.9. The van der Waals surface area contributed by atoms with Crippen LogP contribution in [-0.2, 0) is 5.41 Å². The van der Waals surface area contributed by atoms with Gasteiger partial charge in [-0.2, -0.15) is 0 Å². The van der Waals surface area contributed by atoms with Gasteiger partial charge in [-0.1, -0.05) is 81.4 Å². The smallest absolute Gasteiger partial charge is 0.220 e. The van der Waals surface area contributed by atoms with Gasteiger partial charge in [0.25, 0.3) is 0 Å². The number of aromatic nitrogens is 3. The minimum absolute atomic E-state index is 0.0446. The van der Waals surface area contributed by atoms with Crippen molar-refractivity contribution in [2.75, 3.05) is 0 Å². The maximum absolute atomic E-state index is 5.12. The maximum atomic E-state index is 5.12. The number of benzene rings is 5. The van der Waals surface area contributed by atoms with Crippen LogP contribution in [0.5, 0.6) is 0 Å². The van der Waals surface area contributed by atoms with Crippen LogP contribution in [-0.4, -0.2) is 13.8 Å². The Morgan fingerprint density at radius 2 is 1.33 bits per heavy atom. The molecular weight excluding hydrogens is 438 g/mol. The van der Waals surface area contributed by atoms with E-state index in [1.54, 1.807) is 0 Å². The second kappa shape index (κ2) is 6.64. The molecule has 5 aromatic carbocycles. The van der Waals surface area contributed by atoms with Gasteiger partial charge < -0.3 is 0 Å². The SMILES string of the molecule is CC(C)(C)c1ccccc1-c1cc2c3cc4ccccc4cc3n3c2c(c1)n1c2ccccc2nc13. The van der Waals surface area contributed by atoms with Gasteiger partial charge in [0.05, 0.1) is 27.6 Å². The first-order chi connectivity index (χ1) is 17.5. The summed E-state index contributed by atoms with van der Waals surface area (Å²) in [4.78, 5) is 5.12. The highest BCUT2D eigenvalue weighted by Gasteiger charge is 2.24. The molecule has 0 spiro atoms. The summed E-state index contributed by atoms with van der Waals surface area (Å²) >= 11 is 0. The number of imidazole rings is 2. The predicted molar refractivity (Wildman–Crippen MR) is 151 cm³/mol. The third-order valence-corrected chi connectivity index (χ3v) is 7.74. The van der Waals surface area contributed by atoms with Crippen molar-refractivity contribution in [1.82, 2.24) is 13.8 Å². The van der Waals surface area contributed by atoms with Crippen molar-refractivity contribution in [2.24, 2.45) is 0 Å². The van der Waals surface area contributed by atoms with Crippen LogP contribution in [0.4, 0.5) is 0 Å². The van der Waals surface area contributed by atoms with Crippen molar-refractivity contribution in [3.8, 4) is 11.1 Å². The molecule has 0 aliphatic carbocycles. The largest absolute Gasteiger partial charge is 0.277 e. The molecule has 3 heterocycles. The highest BCUT2D eigenvalue weighted by atomic mass is 15.2. The van der Waals surface area contributed by atoms with E-state index in [2.05, 4.69) is 127 Å². The van der Waals surface area contributed by atoms with Crippen LogP contribution in [0.2, 0.25) is 0 Å². The first-order valence-corrected chi connectivity index (χ1v) is 12.6. The number of para-hydroxylation sites is 2. The number of fused-ring (bicyclic) bond motifs is 9. The Labute approximate surface area is 208 Å². The highest BCUT2D eigenvalue weighted by molar-refractivity contribution is 6.19. The van der Waals surface area contributed by atoms with Gasteiger partial charge >= 0.3 is 0 Å². The number of nitrogens with zero attached hydrogens (tertiary/aromatic N) is 3. The van der Waals surface area contributed by atoms with Crippen LogP contribution in [0.15, 0.2) is 97.1 Å². The summed E-state index contributed by atoms with van der Waals surface area (Å²) in [7, 11) is 0. The molecular formula is C33H25N3. The van der Waals surface area contributed by atoms with Crippen LogP contribution in [0.25, 0.3) is 66.0 Å². The van der Waals surface area contributed by atoms with E-state index in [-0.39, 0.29) is 5.41 Å². The van der Waals surface area contributed by atoms with E-state index in [9.17, 15) is 0 Å². The standard InChI is InChI=1S/C33H25N3/c1-33(2,3)26-13-7-6-12-23(26)22-17-25-24-16-20-10-4-5-11-21(20)18-29(24)36-31(25)30(19-22)35-28-15-9-8-14-27(28)34-32(35)36/h4-19H,1-3H3. The second-order valence-corrected chi connectivity index (χ2v) is 11.0. The topological polar surface area (TPSA) is 21.7 Å². The average molecular weight is 464 g/mol. The average Bonchev–Trinajstić information content (AvgIpc) is 3.52. The Kier molecular flexibility index (Phi) is 3.67. The summed E-state index contributed by atoms with van der Waals surface area (Å²) < 4.78 is 4.71. The fraction of sp³-hybridized carbons (Fsp3) is 0.121. The van der Waals surface area contributed by atoms with Gasteiger partial charge in [-0.25, -0.2) is 4.98 Å². The highest BCUT2D eigenvalue weighted by Crippen LogP contribution is 2.42. The molecule has 0 aliphatic rings. The molecule has 0 atom stereocenters. The van der Waals surface area contributed by atoms with Crippen LogP contribution in [0.1, 0.15) is 26.3 Å². The van der Waals surface area contributed by atoms with Crippen molar-refractivity contribution in [3.05, 3.63) is 103 Å². The molecule has 0 aliphatic heterocycles. The summed E-state index contributed by atoms with van der Waals surface area (Å²) in [5.74, 6) is 0.975. The molecule has 36 heavy (non-hydrogen) atoms. The summed E-state index contributed by atoms with van der Waals surface area (Å²) in [6.45, 7) is 6.88. The number of hydrogen-bond acceptors (Lipinski definition) is 1. The molecule has 172 valence electrons. The summed E-state index contributed by atoms with van der Waals surface area (Å²) in [6.07, 6.45) is 0. The fourth-order valence-corrected chi connectivity index (χ4v) is 6.13. The molecule has 8 aromatic rings. The lowest BCUT2D eigenvalue weighted by Crippen LogP contribution is -2.12. The van der Waals surface area contributed by atoms with Gasteiger partial charge in [0.2, 0.25) is 5.78 Å². The Morgan fingerprint density at radius 1 is 0.611 bits per heavy atom. The zero-order valence-corrected chi connectivity index (χ0v) is 20.6. The van der Waals surface area contributed by atoms with Crippen molar-refractivity contribution in [1.29, 1.82) is 0 Å². The molecule has 0 amide bonds. The minimum atomic E-state index is 0.0446. The third kappa shape index (κ3) is 2.50. The Hall–Kier alpha value is -4.37. The van der Waals surface area contributed by atoms with E-state index >= 15 is 0 Å². The van der Waals surface area contributed by atoms with Crippen LogP contribution < -0.4 is 0 Å². The summed E-state index contributed by atoms with van der Waals surface area (Å²) in [5, 5.41) is 5.07. The van der Waals surface area contributed by atoms with E-state index in [0.717, 1.165) is 16.8 Å². The first kappa shape index (κ1) is 19.9. The summed E-state index contributed by atoms with van der Waals surface area (Å²) in [5.41, 5.74) is 9.77. The second-order valence-electron chi connectivity index (χ2n) is 11.0. The van der Waals surface area contributed by atoms with Gasteiger partial charge in [-0.05, 0) is 69.3 Å². The Morgan fingerprint density at radius 3 is 2.17 bits per heavy atom. The predicted octanol–water partition coefficient (Wildman–Crippen LogP) is 8.60. The van der Waals surface area contributed by atoms with E-state index in [1.165, 1.54) is 54.8 Å². The van der Waals surface area contributed by atoms with Crippen molar-refractivity contribution < 1.29 is 0 Å². The minimum Gasteiger partial charge on any atom is -0.277 e. The quantitative estimate of drug-likeness (QED) is 0.239. The molecule has 0 bridgehead atoms. The number of hydrogen-bond donors (Lipinski definition) is 0. The van der Waals surface area contributed by atoms with Gasteiger partial charge in [-0.3, -0.25) is 8.80 Å². The first-order valence-electron chi connectivity index (χ1n) is 12.6. The van der Waals surface area contributed by atoms with Gasteiger partial charge in [0.15, 0.2) is 0 Å². The lowest BCUT2D eigenvalue weighted by atomic mass is 9.81. The molecule has 0 radical (unpaired) electrons. The Balaban J connectivity index is 1.63. The van der Waals surface area contributed by atoms with Crippen molar-refractivity contribution in [3.63, 3.8) is 0 Å². The molecule has 3 heteroatoms. The van der Waals surface area contributed by atoms with Crippen molar-refractivity contribution >= 4 is 54.9 Å².